The Balaban J connectivity index is 2.19. The molecule has 1 fully saturated rings. The van der Waals surface area contributed by atoms with Gasteiger partial charge in [0.2, 0.25) is 0 Å². The van der Waals surface area contributed by atoms with E-state index in [9.17, 15) is 4.79 Å². The van der Waals surface area contributed by atoms with E-state index < -0.39 is 0 Å². The van der Waals surface area contributed by atoms with Crippen LogP contribution >= 0.6 is 15.9 Å². The molecule has 0 unspecified atom stereocenters. The summed E-state index contributed by atoms with van der Waals surface area (Å²) in [5.41, 5.74) is 0.640. The monoisotopic (exact) mass is 315 g/mol. The van der Waals surface area contributed by atoms with Crippen LogP contribution in [-0.2, 0) is 11.3 Å². The Morgan fingerprint density at radius 1 is 1.56 bits per heavy atom. The molecule has 0 aromatic carbocycles. The molecule has 1 saturated heterocycles. The second kappa shape index (κ2) is 5.40. The third-order valence-electron chi connectivity index (χ3n) is 2.94. The van der Waals surface area contributed by atoms with Crippen LogP contribution in [0.3, 0.4) is 0 Å². The number of hydrogen-bond donors (Lipinski definition) is 0. The standard InChI is InChI=1S/C12H18BrN3O2/c1-12(2)9-15(5-6-18-12)10-7-11(17)16(4-3-13)14-8-10/h7-8H,3-6,9H2,1-2H3. The molecular weight excluding hydrogens is 298 g/mol. The molecule has 1 aliphatic heterocycles. The second-order valence-corrected chi connectivity index (χ2v) is 5.79. The van der Waals surface area contributed by atoms with Crippen molar-refractivity contribution in [2.75, 3.05) is 29.9 Å². The van der Waals surface area contributed by atoms with Gasteiger partial charge in [0.15, 0.2) is 0 Å². The second-order valence-electron chi connectivity index (χ2n) is 4.99. The molecule has 0 radical (unpaired) electrons. The average molecular weight is 316 g/mol. The topological polar surface area (TPSA) is 47.4 Å². The first-order valence-electron chi connectivity index (χ1n) is 6.04. The van der Waals surface area contributed by atoms with Gasteiger partial charge in [-0.15, -0.1) is 0 Å². The number of aromatic nitrogens is 2. The molecule has 0 spiro atoms. The Morgan fingerprint density at radius 3 is 2.94 bits per heavy atom. The molecule has 5 nitrogen and oxygen atoms in total. The molecule has 0 aliphatic carbocycles. The first kappa shape index (κ1) is 13.5. The van der Waals surface area contributed by atoms with Crippen LogP contribution in [0, 0.1) is 0 Å². The van der Waals surface area contributed by atoms with E-state index in [4.69, 9.17) is 4.74 Å². The fraction of sp³-hybridized carbons (Fsp3) is 0.667. The van der Waals surface area contributed by atoms with Crippen LogP contribution in [0.2, 0.25) is 0 Å². The van der Waals surface area contributed by atoms with E-state index in [1.165, 1.54) is 4.68 Å². The van der Waals surface area contributed by atoms with Gasteiger partial charge in [-0.1, -0.05) is 15.9 Å². The normalized spacial score (nSPS) is 18.9. The highest BCUT2D eigenvalue weighted by Gasteiger charge is 2.27. The minimum absolute atomic E-state index is 0.0590. The number of alkyl halides is 1. The number of nitrogens with zero attached hydrogens (tertiary/aromatic N) is 3. The van der Waals surface area contributed by atoms with E-state index >= 15 is 0 Å². The maximum atomic E-state index is 11.9. The highest BCUT2D eigenvalue weighted by molar-refractivity contribution is 9.09. The van der Waals surface area contributed by atoms with Gasteiger partial charge in [-0.05, 0) is 13.8 Å². The summed E-state index contributed by atoms with van der Waals surface area (Å²) in [6, 6.07) is 1.65. The molecule has 1 aliphatic rings. The van der Waals surface area contributed by atoms with Crippen LogP contribution in [0.15, 0.2) is 17.1 Å². The molecule has 0 amide bonds. The van der Waals surface area contributed by atoms with Crippen LogP contribution in [-0.4, -0.2) is 40.4 Å². The maximum absolute atomic E-state index is 11.9. The number of halogens is 1. The van der Waals surface area contributed by atoms with Gasteiger partial charge in [-0.25, -0.2) is 4.68 Å². The zero-order valence-electron chi connectivity index (χ0n) is 10.7. The predicted octanol–water partition coefficient (Wildman–Crippen LogP) is 1.25. The molecule has 1 aromatic rings. The highest BCUT2D eigenvalue weighted by Crippen LogP contribution is 2.21. The minimum atomic E-state index is -0.178. The fourth-order valence-electron chi connectivity index (χ4n) is 2.08. The van der Waals surface area contributed by atoms with Crippen LogP contribution in [0.4, 0.5) is 5.69 Å². The van der Waals surface area contributed by atoms with E-state index in [0.717, 1.165) is 24.1 Å². The van der Waals surface area contributed by atoms with Gasteiger partial charge in [0.25, 0.3) is 5.56 Å². The molecule has 0 N–H and O–H groups in total. The summed E-state index contributed by atoms with van der Waals surface area (Å²) in [5.74, 6) is 0. The summed E-state index contributed by atoms with van der Waals surface area (Å²) >= 11 is 3.30. The molecule has 2 heterocycles. The lowest BCUT2D eigenvalue weighted by Crippen LogP contribution is -2.48. The smallest absolute Gasteiger partial charge is 0.268 e. The first-order chi connectivity index (χ1) is 8.52. The average Bonchev–Trinajstić information content (AvgIpc) is 2.30. The van der Waals surface area contributed by atoms with Gasteiger partial charge >= 0.3 is 0 Å². The van der Waals surface area contributed by atoms with Crippen molar-refractivity contribution >= 4 is 21.6 Å². The van der Waals surface area contributed by atoms with Crippen LogP contribution in [0.1, 0.15) is 13.8 Å². The molecule has 0 saturated carbocycles. The number of rotatable bonds is 3. The molecule has 6 heteroatoms. The van der Waals surface area contributed by atoms with Crippen LogP contribution in [0.5, 0.6) is 0 Å². The van der Waals surface area contributed by atoms with Crippen molar-refractivity contribution in [1.29, 1.82) is 0 Å². The maximum Gasteiger partial charge on any atom is 0.268 e. The SMILES string of the molecule is CC1(C)CN(c2cnn(CCBr)c(=O)c2)CCO1. The quantitative estimate of drug-likeness (QED) is 0.788. The van der Waals surface area contributed by atoms with E-state index in [1.807, 2.05) is 0 Å². The molecule has 1 aromatic heterocycles. The lowest BCUT2D eigenvalue weighted by molar-refractivity contribution is -0.0277. The van der Waals surface area contributed by atoms with Gasteiger partial charge < -0.3 is 9.64 Å². The van der Waals surface area contributed by atoms with Gasteiger partial charge in [-0.3, -0.25) is 4.79 Å². The van der Waals surface area contributed by atoms with Crippen molar-refractivity contribution in [3.8, 4) is 0 Å². The Labute approximate surface area is 115 Å². The van der Waals surface area contributed by atoms with Gasteiger partial charge in [0, 0.05) is 24.5 Å². The summed E-state index contributed by atoms with van der Waals surface area (Å²) < 4.78 is 7.12. The number of hydrogen-bond acceptors (Lipinski definition) is 4. The Kier molecular flexibility index (Phi) is 4.07. The summed E-state index contributed by atoms with van der Waals surface area (Å²) in [6.45, 7) is 6.95. The Hall–Kier alpha value is -0.880. The third kappa shape index (κ3) is 3.11. The number of anilines is 1. The number of aryl methyl sites for hydroxylation is 1. The van der Waals surface area contributed by atoms with Crippen molar-refractivity contribution in [2.45, 2.75) is 26.0 Å². The van der Waals surface area contributed by atoms with E-state index in [-0.39, 0.29) is 11.2 Å². The van der Waals surface area contributed by atoms with E-state index in [0.29, 0.717) is 13.2 Å². The predicted molar refractivity (Wildman–Crippen MR) is 74.5 cm³/mol. The highest BCUT2D eigenvalue weighted by atomic mass is 79.9. The largest absolute Gasteiger partial charge is 0.372 e. The summed E-state index contributed by atoms with van der Waals surface area (Å²) in [5, 5.41) is 4.91. The lowest BCUT2D eigenvalue weighted by atomic mass is 10.1. The Bertz CT molecular complexity index is 473. The fourth-order valence-corrected chi connectivity index (χ4v) is 2.42. The molecule has 100 valence electrons. The van der Waals surface area contributed by atoms with Gasteiger partial charge in [0.05, 0.1) is 30.6 Å². The Morgan fingerprint density at radius 2 is 2.33 bits per heavy atom. The van der Waals surface area contributed by atoms with Crippen molar-refractivity contribution in [3.63, 3.8) is 0 Å². The van der Waals surface area contributed by atoms with E-state index in [1.54, 1.807) is 12.3 Å². The molecule has 0 atom stereocenters. The van der Waals surface area contributed by atoms with Crippen molar-refractivity contribution in [2.24, 2.45) is 0 Å². The number of morpholine rings is 1. The van der Waals surface area contributed by atoms with Gasteiger partial charge in [-0.2, -0.15) is 5.10 Å². The van der Waals surface area contributed by atoms with E-state index in [2.05, 4.69) is 39.8 Å². The molecule has 18 heavy (non-hydrogen) atoms. The molecular formula is C12H18BrN3O2. The van der Waals surface area contributed by atoms with Crippen molar-refractivity contribution in [3.05, 3.63) is 22.6 Å². The van der Waals surface area contributed by atoms with Crippen molar-refractivity contribution < 1.29 is 4.74 Å². The lowest BCUT2D eigenvalue weighted by Gasteiger charge is -2.39. The van der Waals surface area contributed by atoms with Crippen LogP contribution < -0.4 is 10.5 Å². The first-order valence-corrected chi connectivity index (χ1v) is 7.16. The molecule has 0 bridgehead atoms. The van der Waals surface area contributed by atoms with Gasteiger partial charge in [0.1, 0.15) is 0 Å². The van der Waals surface area contributed by atoms with Crippen molar-refractivity contribution in [1.82, 2.24) is 9.78 Å². The summed E-state index contributed by atoms with van der Waals surface area (Å²) in [6.07, 6.45) is 1.76. The zero-order valence-corrected chi connectivity index (χ0v) is 12.3. The molecule has 2 rings (SSSR count). The van der Waals surface area contributed by atoms with Crippen LogP contribution in [0.25, 0.3) is 0 Å². The summed E-state index contributed by atoms with van der Waals surface area (Å²) in [4.78, 5) is 14.0. The zero-order chi connectivity index (χ0) is 13.2. The minimum Gasteiger partial charge on any atom is -0.372 e. The third-order valence-corrected chi connectivity index (χ3v) is 3.30. The number of ether oxygens (including phenoxy) is 1. The summed E-state index contributed by atoms with van der Waals surface area (Å²) in [7, 11) is 0.